The highest BCUT2D eigenvalue weighted by Crippen LogP contribution is 2.44. The van der Waals surface area contributed by atoms with Gasteiger partial charge in [-0.05, 0) is 23.2 Å². The molecule has 0 bridgehead atoms. The van der Waals surface area contributed by atoms with Crippen molar-refractivity contribution in [2.24, 2.45) is 23.2 Å². The maximum atomic E-state index is 2.44. The molecule has 0 spiro atoms. The van der Waals surface area contributed by atoms with Gasteiger partial charge in [-0.1, -0.05) is 53.9 Å². The summed E-state index contributed by atoms with van der Waals surface area (Å²) >= 11 is 0. The molecular formula is C12H24. The standard InChI is InChI=1S/C12H24/c1-9-7-6-8-10(2)11(9)12(3,4)5/h9-11H,6-8H2,1-5H3/t9-,10-/m0/s1. The average Bonchev–Trinajstić information content (AvgIpc) is 1.82. The predicted octanol–water partition coefficient (Wildman–Crippen LogP) is 4.10. The van der Waals surface area contributed by atoms with E-state index in [1.807, 2.05) is 0 Å². The summed E-state index contributed by atoms with van der Waals surface area (Å²) in [7, 11) is 0. The first kappa shape index (κ1) is 10.1. The van der Waals surface area contributed by atoms with Crippen LogP contribution < -0.4 is 0 Å². The molecule has 72 valence electrons. The monoisotopic (exact) mass is 168 g/mol. The summed E-state index contributed by atoms with van der Waals surface area (Å²) in [5, 5.41) is 0. The summed E-state index contributed by atoms with van der Waals surface area (Å²) in [6.07, 6.45) is 4.35. The third-order valence-corrected chi connectivity index (χ3v) is 3.55. The summed E-state index contributed by atoms with van der Waals surface area (Å²) < 4.78 is 0. The highest BCUT2D eigenvalue weighted by molar-refractivity contribution is 4.85. The Labute approximate surface area is 77.7 Å². The van der Waals surface area contributed by atoms with Gasteiger partial charge >= 0.3 is 0 Å². The van der Waals surface area contributed by atoms with E-state index in [4.69, 9.17) is 0 Å². The van der Waals surface area contributed by atoms with Crippen molar-refractivity contribution >= 4 is 0 Å². The zero-order chi connectivity index (χ0) is 9.35. The molecule has 1 rings (SSSR count). The fourth-order valence-corrected chi connectivity index (χ4v) is 3.39. The first-order valence-electron chi connectivity index (χ1n) is 5.43. The highest BCUT2D eigenvalue weighted by atomic mass is 14.4. The van der Waals surface area contributed by atoms with Gasteiger partial charge in [0, 0.05) is 0 Å². The molecule has 1 aliphatic carbocycles. The van der Waals surface area contributed by atoms with Crippen molar-refractivity contribution in [3.05, 3.63) is 0 Å². The molecule has 0 N–H and O–H groups in total. The van der Waals surface area contributed by atoms with Gasteiger partial charge in [-0.25, -0.2) is 0 Å². The molecule has 12 heavy (non-hydrogen) atoms. The SMILES string of the molecule is C[C@H]1CCC[C@H](C)C1C(C)(C)C. The molecule has 1 fully saturated rings. The summed E-state index contributed by atoms with van der Waals surface area (Å²) in [4.78, 5) is 0. The second kappa shape index (κ2) is 3.40. The first-order chi connectivity index (χ1) is 5.43. The fourth-order valence-electron chi connectivity index (χ4n) is 3.39. The Kier molecular flexibility index (Phi) is 2.85. The van der Waals surface area contributed by atoms with Crippen molar-refractivity contribution in [2.45, 2.75) is 53.9 Å². The average molecular weight is 168 g/mol. The van der Waals surface area contributed by atoms with Gasteiger partial charge in [-0.2, -0.15) is 0 Å². The predicted molar refractivity (Wildman–Crippen MR) is 55.1 cm³/mol. The van der Waals surface area contributed by atoms with E-state index in [0.717, 1.165) is 17.8 Å². The Bertz CT molecular complexity index is 131. The quantitative estimate of drug-likeness (QED) is 0.511. The summed E-state index contributed by atoms with van der Waals surface area (Å²) in [6, 6.07) is 0. The Morgan fingerprint density at radius 2 is 1.33 bits per heavy atom. The Balaban J connectivity index is 2.69. The minimum Gasteiger partial charge on any atom is -0.0622 e. The van der Waals surface area contributed by atoms with Crippen LogP contribution in [0, 0.1) is 23.2 Å². The third-order valence-electron chi connectivity index (χ3n) is 3.55. The van der Waals surface area contributed by atoms with Crippen LogP contribution in [-0.4, -0.2) is 0 Å². The van der Waals surface area contributed by atoms with Crippen LogP contribution in [-0.2, 0) is 0 Å². The van der Waals surface area contributed by atoms with Crippen LogP contribution in [0.3, 0.4) is 0 Å². The van der Waals surface area contributed by atoms with Crippen molar-refractivity contribution in [1.29, 1.82) is 0 Å². The number of hydrogen-bond acceptors (Lipinski definition) is 0. The molecule has 0 unspecified atom stereocenters. The molecule has 0 saturated heterocycles. The lowest BCUT2D eigenvalue weighted by molar-refractivity contribution is 0.0656. The molecule has 0 nitrogen and oxygen atoms in total. The fraction of sp³-hybridized carbons (Fsp3) is 1.00. The summed E-state index contributed by atoms with van der Waals surface area (Å²) in [6.45, 7) is 12.1. The van der Waals surface area contributed by atoms with E-state index in [1.165, 1.54) is 19.3 Å². The Morgan fingerprint density at radius 3 is 1.58 bits per heavy atom. The molecule has 0 heterocycles. The molecule has 1 saturated carbocycles. The smallest absolute Gasteiger partial charge is 0.0314 e. The Hall–Kier alpha value is 0. The van der Waals surface area contributed by atoms with Crippen molar-refractivity contribution in [3.8, 4) is 0 Å². The van der Waals surface area contributed by atoms with E-state index < -0.39 is 0 Å². The van der Waals surface area contributed by atoms with E-state index in [-0.39, 0.29) is 0 Å². The molecule has 1 aliphatic rings. The van der Waals surface area contributed by atoms with Crippen LogP contribution >= 0.6 is 0 Å². The van der Waals surface area contributed by atoms with Gasteiger partial charge in [0.1, 0.15) is 0 Å². The molecule has 0 aliphatic heterocycles. The number of hydrogen-bond donors (Lipinski definition) is 0. The zero-order valence-corrected chi connectivity index (χ0v) is 9.35. The molecule has 2 atom stereocenters. The van der Waals surface area contributed by atoms with Crippen molar-refractivity contribution in [3.63, 3.8) is 0 Å². The van der Waals surface area contributed by atoms with E-state index >= 15 is 0 Å². The van der Waals surface area contributed by atoms with Gasteiger partial charge in [0.05, 0.1) is 0 Å². The molecule has 0 amide bonds. The maximum absolute atomic E-state index is 2.44. The topological polar surface area (TPSA) is 0 Å². The molecule has 0 aromatic carbocycles. The van der Waals surface area contributed by atoms with Crippen molar-refractivity contribution < 1.29 is 0 Å². The summed E-state index contributed by atoms with van der Waals surface area (Å²) in [5.41, 5.74) is 0.513. The summed E-state index contributed by atoms with van der Waals surface area (Å²) in [5.74, 6) is 2.81. The minimum absolute atomic E-state index is 0.513. The molecule has 0 radical (unpaired) electrons. The second-order valence-corrected chi connectivity index (χ2v) is 5.78. The normalized spacial score (nSPS) is 33.8. The van der Waals surface area contributed by atoms with Crippen LogP contribution in [0.4, 0.5) is 0 Å². The van der Waals surface area contributed by atoms with Crippen molar-refractivity contribution in [1.82, 2.24) is 0 Å². The van der Waals surface area contributed by atoms with E-state index in [9.17, 15) is 0 Å². The van der Waals surface area contributed by atoms with Gasteiger partial charge in [-0.15, -0.1) is 0 Å². The largest absolute Gasteiger partial charge is 0.0622 e. The lowest BCUT2D eigenvalue weighted by Gasteiger charge is -2.43. The second-order valence-electron chi connectivity index (χ2n) is 5.78. The van der Waals surface area contributed by atoms with E-state index in [1.54, 1.807) is 0 Å². The van der Waals surface area contributed by atoms with E-state index in [0.29, 0.717) is 5.41 Å². The van der Waals surface area contributed by atoms with Crippen LogP contribution in [0.2, 0.25) is 0 Å². The van der Waals surface area contributed by atoms with Gasteiger partial charge < -0.3 is 0 Å². The Morgan fingerprint density at radius 1 is 0.917 bits per heavy atom. The molecule has 0 aromatic rings. The van der Waals surface area contributed by atoms with Gasteiger partial charge in [0.15, 0.2) is 0 Å². The van der Waals surface area contributed by atoms with Gasteiger partial charge in [0.2, 0.25) is 0 Å². The van der Waals surface area contributed by atoms with Crippen LogP contribution in [0.15, 0.2) is 0 Å². The van der Waals surface area contributed by atoms with Crippen molar-refractivity contribution in [2.75, 3.05) is 0 Å². The van der Waals surface area contributed by atoms with Crippen LogP contribution in [0.25, 0.3) is 0 Å². The minimum atomic E-state index is 0.513. The highest BCUT2D eigenvalue weighted by Gasteiger charge is 2.35. The third kappa shape index (κ3) is 2.02. The van der Waals surface area contributed by atoms with E-state index in [2.05, 4.69) is 34.6 Å². The van der Waals surface area contributed by atoms with Crippen LogP contribution in [0.1, 0.15) is 53.9 Å². The molecule has 0 heteroatoms. The number of rotatable bonds is 0. The maximum Gasteiger partial charge on any atom is -0.0314 e. The zero-order valence-electron chi connectivity index (χ0n) is 9.35. The first-order valence-corrected chi connectivity index (χ1v) is 5.43. The van der Waals surface area contributed by atoms with Crippen LogP contribution in [0.5, 0.6) is 0 Å². The lowest BCUT2D eigenvalue weighted by atomic mass is 9.62. The van der Waals surface area contributed by atoms with Gasteiger partial charge in [-0.3, -0.25) is 0 Å². The molecular weight excluding hydrogens is 144 g/mol. The lowest BCUT2D eigenvalue weighted by Crippen LogP contribution is -2.35. The van der Waals surface area contributed by atoms with Gasteiger partial charge in [0.25, 0.3) is 0 Å². The molecule has 0 aromatic heterocycles.